The standard InChI is InChI=1S/C28H31ClFNO4S/c29-23-9-8-22-21(12-13-31-17-28(22)34-25(32)10-11-26(33)35-28)27(23)36-16-19-6-7-20(24(30)15-19)14-18-4-2-1-3-5-18/h6-9,15,18,31H,1-5,10-14,16-17H2. The van der Waals surface area contributed by atoms with Gasteiger partial charge >= 0.3 is 11.9 Å². The fourth-order valence-corrected chi connectivity index (χ4v) is 6.93. The second-order valence-electron chi connectivity index (χ2n) is 9.95. The molecule has 0 amide bonds. The molecule has 1 spiro atoms. The van der Waals surface area contributed by atoms with Gasteiger partial charge in [0.25, 0.3) is 5.79 Å². The maximum Gasteiger partial charge on any atom is 0.309 e. The monoisotopic (exact) mass is 531 g/mol. The van der Waals surface area contributed by atoms with Gasteiger partial charge in [-0.2, -0.15) is 0 Å². The van der Waals surface area contributed by atoms with Crippen LogP contribution in [0.25, 0.3) is 0 Å². The van der Waals surface area contributed by atoms with E-state index in [2.05, 4.69) is 5.32 Å². The lowest BCUT2D eigenvalue weighted by Crippen LogP contribution is -2.43. The third-order valence-corrected chi connectivity index (χ3v) is 9.02. The van der Waals surface area contributed by atoms with Gasteiger partial charge in [0.1, 0.15) is 5.82 Å². The van der Waals surface area contributed by atoms with Crippen molar-refractivity contribution in [2.45, 2.75) is 74.2 Å². The van der Waals surface area contributed by atoms with Crippen molar-refractivity contribution in [3.63, 3.8) is 0 Å². The average Bonchev–Trinajstić information content (AvgIpc) is 3.13. The number of hydrogen-bond donors (Lipinski definition) is 1. The van der Waals surface area contributed by atoms with Gasteiger partial charge < -0.3 is 14.8 Å². The van der Waals surface area contributed by atoms with Gasteiger partial charge in [-0.15, -0.1) is 11.8 Å². The van der Waals surface area contributed by atoms with Crippen LogP contribution < -0.4 is 5.32 Å². The maximum absolute atomic E-state index is 14.9. The van der Waals surface area contributed by atoms with E-state index < -0.39 is 17.7 Å². The van der Waals surface area contributed by atoms with Gasteiger partial charge in [-0.3, -0.25) is 9.59 Å². The maximum atomic E-state index is 14.9. The molecule has 0 atom stereocenters. The summed E-state index contributed by atoms with van der Waals surface area (Å²) in [6.07, 6.45) is 7.60. The third-order valence-electron chi connectivity index (χ3n) is 7.36. The van der Waals surface area contributed by atoms with Crippen molar-refractivity contribution in [3.05, 3.63) is 63.4 Å². The summed E-state index contributed by atoms with van der Waals surface area (Å²) in [5.41, 5.74) is 3.20. The first-order valence-electron chi connectivity index (χ1n) is 12.8. The number of fused-ring (bicyclic) bond motifs is 2. The summed E-state index contributed by atoms with van der Waals surface area (Å²) in [6, 6.07) is 9.09. The molecule has 5 rings (SSSR count). The zero-order valence-electron chi connectivity index (χ0n) is 20.2. The molecule has 0 bridgehead atoms. The minimum absolute atomic E-state index is 0.00653. The van der Waals surface area contributed by atoms with E-state index in [0.717, 1.165) is 28.0 Å². The van der Waals surface area contributed by atoms with Crippen molar-refractivity contribution in [1.29, 1.82) is 0 Å². The number of esters is 2. The Bertz CT molecular complexity index is 1130. The Balaban J connectivity index is 1.38. The van der Waals surface area contributed by atoms with Gasteiger partial charge in [0.15, 0.2) is 0 Å². The molecule has 2 heterocycles. The predicted molar refractivity (Wildman–Crippen MR) is 137 cm³/mol. The third kappa shape index (κ3) is 5.58. The van der Waals surface area contributed by atoms with Crippen molar-refractivity contribution < 1.29 is 23.5 Å². The molecule has 8 heteroatoms. The molecule has 0 aromatic heterocycles. The minimum Gasteiger partial charge on any atom is -0.416 e. The first-order chi connectivity index (χ1) is 17.4. The number of benzene rings is 2. The van der Waals surface area contributed by atoms with Crippen LogP contribution in [0, 0.1) is 11.7 Å². The van der Waals surface area contributed by atoms with E-state index in [1.807, 2.05) is 12.1 Å². The van der Waals surface area contributed by atoms with Crippen LogP contribution in [-0.4, -0.2) is 25.0 Å². The largest absolute Gasteiger partial charge is 0.416 e. The SMILES string of the molecule is O=C1CCC(=O)OC2(CNCCc3c2ccc(Cl)c3SCc2ccc(CC3CCCCC3)c(F)c2)O1. The molecule has 0 radical (unpaired) electrons. The highest BCUT2D eigenvalue weighted by Crippen LogP contribution is 2.42. The molecule has 2 aromatic carbocycles. The molecular weight excluding hydrogens is 501 g/mol. The van der Waals surface area contributed by atoms with Gasteiger partial charge in [0.05, 0.1) is 24.4 Å². The van der Waals surface area contributed by atoms with E-state index in [1.54, 1.807) is 18.2 Å². The van der Waals surface area contributed by atoms with E-state index in [1.165, 1.54) is 43.9 Å². The van der Waals surface area contributed by atoms with Crippen LogP contribution in [-0.2, 0) is 43.4 Å². The summed E-state index contributed by atoms with van der Waals surface area (Å²) >= 11 is 8.15. The van der Waals surface area contributed by atoms with Crippen LogP contribution >= 0.6 is 23.4 Å². The highest BCUT2D eigenvalue weighted by molar-refractivity contribution is 7.98. The highest BCUT2D eigenvalue weighted by Gasteiger charge is 2.46. The van der Waals surface area contributed by atoms with Gasteiger partial charge in [-0.05, 0) is 60.2 Å². The molecule has 3 aliphatic rings. The molecule has 2 fully saturated rings. The van der Waals surface area contributed by atoms with Gasteiger partial charge in [0.2, 0.25) is 0 Å². The van der Waals surface area contributed by atoms with Crippen LogP contribution in [0.4, 0.5) is 4.39 Å². The Labute approximate surface area is 220 Å². The number of hydrogen-bond acceptors (Lipinski definition) is 6. The Morgan fingerprint density at radius 2 is 1.78 bits per heavy atom. The summed E-state index contributed by atoms with van der Waals surface area (Å²) < 4.78 is 26.4. The van der Waals surface area contributed by atoms with Gasteiger partial charge in [0, 0.05) is 16.2 Å². The van der Waals surface area contributed by atoms with Crippen molar-refractivity contribution in [2.24, 2.45) is 5.92 Å². The average molecular weight is 532 g/mol. The summed E-state index contributed by atoms with van der Waals surface area (Å²) in [5, 5.41) is 3.80. The molecule has 0 unspecified atom stereocenters. The van der Waals surface area contributed by atoms with Gasteiger partial charge in [-0.1, -0.05) is 55.8 Å². The molecule has 2 aromatic rings. The van der Waals surface area contributed by atoms with Crippen LogP contribution in [0.15, 0.2) is 35.2 Å². The van der Waals surface area contributed by atoms with Crippen LogP contribution in [0.5, 0.6) is 0 Å². The van der Waals surface area contributed by atoms with Crippen LogP contribution in [0.1, 0.15) is 67.2 Å². The fourth-order valence-electron chi connectivity index (χ4n) is 5.50. The molecule has 2 aliphatic heterocycles. The number of ether oxygens (including phenoxy) is 2. The van der Waals surface area contributed by atoms with E-state index in [0.29, 0.717) is 35.2 Å². The van der Waals surface area contributed by atoms with Crippen molar-refractivity contribution in [1.82, 2.24) is 5.32 Å². The first-order valence-corrected chi connectivity index (χ1v) is 14.2. The molecule has 1 saturated carbocycles. The van der Waals surface area contributed by atoms with Crippen molar-refractivity contribution in [2.75, 3.05) is 13.1 Å². The molecule has 36 heavy (non-hydrogen) atoms. The molecule has 1 aliphatic carbocycles. The zero-order valence-corrected chi connectivity index (χ0v) is 21.8. The molecule has 1 N–H and O–H groups in total. The molecule has 192 valence electrons. The summed E-state index contributed by atoms with van der Waals surface area (Å²) in [5.74, 6) is -1.47. The van der Waals surface area contributed by atoms with Crippen LogP contribution in [0.2, 0.25) is 5.02 Å². The number of carbonyl (C=O) groups excluding carboxylic acids is 2. The summed E-state index contributed by atoms with van der Waals surface area (Å²) in [7, 11) is 0. The smallest absolute Gasteiger partial charge is 0.309 e. The number of rotatable bonds is 5. The number of carbonyl (C=O) groups is 2. The van der Waals surface area contributed by atoms with Crippen molar-refractivity contribution >= 4 is 35.3 Å². The fraction of sp³-hybridized carbons (Fsp3) is 0.500. The summed E-state index contributed by atoms with van der Waals surface area (Å²) in [6.45, 7) is 0.791. The van der Waals surface area contributed by atoms with E-state index in [4.69, 9.17) is 21.1 Å². The Morgan fingerprint density at radius 1 is 1.03 bits per heavy atom. The second kappa shape index (κ2) is 11.1. The van der Waals surface area contributed by atoms with E-state index >= 15 is 0 Å². The number of nitrogens with one attached hydrogen (secondary N) is 1. The normalized spacial score (nSPS) is 20.3. The van der Waals surface area contributed by atoms with Gasteiger partial charge in [-0.25, -0.2) is 4.39 Å². The van der Waals surface area contributed by atoms with Crippen molar-refractivity contribution in [3.8, 4) is 0 Å². The lowest BCUT2D eigenvalue weighted by molar-refractivity contribution is -0.225. The minimum atomic E-state index is -1.51. The number of thioether (sulfide) groups is 1. The molecule has 1 saturated heterocycles. The highest BCUT2D eigenvalue weighted by atomic mass is 35.5. The predicted octanol–water partition coefficient (Wildman–Crippen LogP) is 6.07. The Hall–Kier alpha value is -2.09. The quantitative estimate of drug-likeness (QED) is 0.373. The molecular formula is C28H31ClFNO4S. The van der Waals surface area contributed by atoms with E-state index in [9.17, 15) is 14.0 Å². The lowest BCUT2D eigenvalue weighted by atomic mass is 9.84. The van der Waals surface area contributed by atoms with E-state index in [-0.39, 0.29) is 25.2 Å². The molecule has 5 nitrogen and oxygen atoms in total. The number of halogens is 2. The second-order valence-corrected chi connectivity index (χ2v) is 11.3. The summed E-state index contributed by atoms with van der Waals surface area (Å²) in [4.78, 5) is 25.5. The first kappa shape index (κ1) is 25.6. The lowest BCUT2D eigenvalue weighted by Gasteiger charge is -2.32. The van der Waals surface area contributed by atoms with Crippen LogP contribution in [0.3, 0.4) is 0 Å². The topological polar surface area (TPSA) is 64.6 Å². The Kier molecular flexibility index (Phi) is 7.89. The Morgan fingerprint density at radius 3 is 2.50 bits per heavy atom. The zero-order chi connectivity index (χ0) is 25.1.